The molecule has 0 radical (unpaired) electrons. The number of nitrogens with zero attached hydrogens (tertiary/aromatic N) is 1. The first-order valence-corrected chi connectivity index (χ1v) is 12.9. The largest absolute Gasteiger partial charge is 0.377 e. The van der Waals surface area contributed by atoms with Crippen LogP contribution in [0.25, 0.3) is 0 Å². The van der Waals surface area contributed by atoms with Crippen LogP contribution in [-0.2, 0) is 21.3 Å². The van der Waals surface area contributed by atoms with Gasteiger partial charge in [0.1, 0.15) is 0 Å². The number of hydrogen-bond acceptors (Lipinski definition) is 5. The van der Waals surface area contributed by atoms with E-state index < -0.39 is 10.0 Å². The van der Waals surface area contributed by atoms with Gasteiger partial charge in [0.2, 0.25) is 10.0 Å². The Morgan fingerprint density at radius 2 is 2.00 bits per heavy atom. The summed E-state index contributed by atoms with van der Waals surface area (Å²) in [5.74, 6) is 2.05. The van der Waals surface area contributed by atoms with Crippen molar-refractivity contribution < 1.29 is 13.2 Å². The van der Waals surface area contributed by atoms with Crippen LogP contribution >= 0.6 is 11.8 Å². The summed E-state index contributed by atoms with van der Waals surface area (Å²) in [4.78, 5) is 4.90. The first-order chi connectivity index (χ1) is 14.1. The van der Waals surface area contributed by atoms with E-state index in [2.05, 4.69) is 20.3 Å². The molecule has 0 spiro atoms. The molecule has 0 amide bonds. The van der Waals surface area contributed by atoms with Gasteiger partial charge < -0.3 is 15.4 Å². The zero-order valence-corrected chi connectivity index (χ0v) is 18.7. The van der Waals surface area contributed by atoms with E-state index in [-0.39, 0.29) is 11.0 Å². The first kappa shape index (κ1) is 22.4. The number of rotatable bonds is 9. The van der Waals surface area contributed by atoms with Crippen LogP contribution in [0.2, 0.25) is 0 Å². The lowest BCUT2D eigenvalue weighted by Gasteiger charge is -2.14. The number of benzene rings is 1. The van der Waals surface area contributed by atoms with Crippen molar-refractivity contribution in [2.24, 2.45) is 4.99 Å². The second kappa shape index (κ2) is 11.2. The summed E-state index contributed by atoms with van der Waals surface area (Å²) < 4.78 is 33.0. The van der Waals surface area contributed by atoms with Crippen LogP contribution in [0.15, 0.2) is 34.2 Å². The molecule has 2 atom stereocenters. The summed E-state index contributed by atoms with van der Waals surface area (Å²) in [6, 6.07) is 6.91. The van der Waals surface area contributed by atoms with Gasteiger partial charge in [-0.3, -0.25) is 0 Å². The summed E-state index contributed by atoms with van der Waals surface area (Å²) >= 11 is 2.02. The van der Waals surface area contributed by atoms with Gasteiger partial charge in [0, 0.05) is 31.5 Å². The minimum Gasteiger partial charge on any atom is -0.377 e. The Bertz CT molecular complexity index is 756. The van der Waals surface area contributed by atoms with Gasteiger partial charge in [-0.05, 0) is 56.1 Å². The average molecular weight is 441 g/mol. The molecule has 162 valence electrons. The van der Waals surface area contributed by atoms with Crippen LogP contribution in [0.4, 0.5) is 0 Å². The highest BCUT2D eigenvalue weighted by molar-refractivity contribution is 8.00. The molecule has 3 N–H and O–H groups in total. The molecule has 0 aromatic heterocycles. The van der Waals surface area contributed by atoms with Crippen molar-refractivity contribution in [2.45, 2.75) is 55.4 Å². The van der Waals surface area contributed by atoms with Crippen LogP contribution in [0, 0.1) is 0 Å². The van der Waals surface area contributed by atoms with Crippen molar-refractivity contribution >= 4 is 27.7 Å². The fourth-order valence-corrected chi connectivity index (χ4v) is 5.66. The molecular weight excluding hydrogens is 408 g/mol. The van der Waals surface area contributed by atoms with Crippen LogP contribution in [0.5, 0.6) is 0 Å². The standard InChI is InChI=1S/C20H32N4O3S2/c1-2-21-20(23-15-18-6-4-12-28-18)22-13-16-7-9-19(10-8-16)29(25,26)24-14-17-5-3-11-27-17/h7-10,17-18,24H,2-6,11-15H2,1H3,(H2,21,22,23). The average Bonchev–Trinajstić information content (AvgIpc) is 3.43. The van der Waals surface area contributed by atoms with Crippen molar-refractivity contribution in [3.8, 4) is 0 Å². The maximum atomic E-state index is 12.4. The zero-order chi connectivity index (χ0) is 20.5. The minimum atomic E-state index is -3.52. The second-order valence-electron chi connectivity index (χ2n) is 7.34. The lowest BCUT2D eigenvalue weighted by atomic mass is 10.2. The molecule has 1 aromatic carbocycles. The number of nitrogens with one attached hydrogen (secondary N) is 3. The summed E-state index contributed by atoms with van der Waals surface area (Å²) in [6.07, 6.45) is 4.43. The van der Waals surface area contributed by atoms with Crippen molar-refractivity contribution in [3.63, 3.8) is 0 Å². The van der Waals surface area contributed by atoms with Gasteiger partial charge in [-0.15, -0.1) is 0 Å². The van der Waals surface area contributed by atoms with Crippen molar-refractivity contribution in [1.29, 1.82) is 0 Å². The van der Waals surface area contributed by atoms with Gasteiger partial charge in [0.05, 0.1) is 17.5 Å². The molecular formula is C20H32N4O3S2. The van der Waals surface area contributed by atoms with Gasteiger partial charge in [-0.1, -0.05) is 12.1 Å². The number of aliphatic imine (C=N–C) groups is 1. The van der Waals surface area contributed by atoms with Gasteiger partial charge in [-0.25, -0.2) is 18.1 Å². The number of guanidine groups is 1. The molecule has 2 aliphatic rings. The van der Waals surface area contributed by atoms with E-state index in [1.807, 2.05) is 30.8 Å². The number of thioether (sulfide) groups is 1. The molecule has 0 aliphatic carbocycles. The minimum absolute atomic E-state index is 0.0157. The molecule has 9 heteroatoms. The van der Waals surface area contributed by atoms with E-state index in [0.717, 1.165) is 37.5 Å². The van der Waals surface area contributed by atoms with E-state index in [0.29, 0.717) is 24.9 Å². The molecule has 3 rings (SSSR count). The Balaban J connectivity index is 1.52. The third-order valence-electron chi connectivity index (χ3n) is 5.04. The monoisotopic (exact) mass is 440 g/mol. The molecule has 2 aliphatic heterocycles. The highest BCUT2D eigenvalue weighted by Crippen LogP contribution is 2.25. The third kappa shape index (κ3) is 7.16. The Kier molecular flexibility index (Phi) is 8.65. The number of ether oxygens (including phenoxy) is 1. The Morgan fingerprint density at radius 3 is 2.66 bits per heavy atom. The van der Waals surface area contributed by atoms with Crippen LogP contribution < -0.4 is 15.4 Å². The molecule has 2 saturated heterocycles. The zero-order valence-electron chi connectivity index (χ0n) is 17.0. The SMILES string of the molecule is CCNC(=NCc1ccc(S(=O)(=O)NCC2CCCO2)cc1)NCC1CCCS1. The number of hydrogen-bond donors (Lipinski definition) is 3. The smallest absolute Gasteiger partial charge is 0.240 e. The maximum absolute atomic E-state index is 12.4. The van der Waals surface area contributed by atoms with E-state index in [9.17, 15) is 8.42 Å². The molecule has 2 fully saturated rings. The first-order valence-electron chi connectivity index (χ1n) is 10.4. The predicted octanol–water partition coefficient (Wildman–Crippen LogP) is 2.09. The van der Waals surface area contributed by atoms with E-state index in [1.54, 1.807) is 12.1 Å². The fraction of sp³-hybridized carbons (Fsp3) is 0.650. The molecule has 0 saturated carbocycles. The predicted molar refractivity (Wildman–Crippen MR) is 119 cm³/mol. The Morgan fingerprint density at radius 1 is 1.17 bits per heavy atom. The van der Waals surface area contributed by atoms with Crippen molar-refractivity contribution in [3.05, 3.63) is 29.8 Å². The molecule has 2 unspecified atom stereocenters. The second-order valence-corrected chi connectivity index (χ2v) is 10.5. The highest BCUT2D eigenvalue weighted by atomic mass is 32.2. The van der Waals surface area contributed by atoms with Crippen molar-refractivity contribution in [1.82, 2.24) is 15.4 Å². The lowest BCUT2D eigenvalue weighted by Crippen LogP contribution is -2.40. The quantitative estimate of drug-likeness (QED) is 0.402. The maximum Gasteiger partial charge on any atom is 0.240 e. The van der Waals surface area contributed by atoms with Crippen LogP contribution in [0.3, 0.4) is 0 Å². The van der Waals surface area contributed by atoms with Gasteiger partial charge in [0.15, 0.2) is 5.96 Å². The molecule has 1 aromatic rings. The molecule has 2 heterocycles. The number of sulfonamides is 1. The molecule has 29 heavy (non-hydrogen) atoms. The van der Waals surface area contributed by atoms with Crippen LogP contribution in [0.1, 0.15) is 38.2 Å². The molecule has 7 nitrogen and oxygen atoms in total. The topological polar surface area (TPSA) is 91.8 Å². The van der Waals surface area contributed by atoms with E-state index in [4.69, 9.17) is 4.74 Å². The van der Waals surface area contributed by atoms with E-state index >= 15 is 0 Å². The fourth-order valence-electron chi connectivity index (χ4n) is 3.39. The lowest BCUT2D eigenvalue weighted by molar-refractivity contribution is 0.114. The Hall–Kier alpha value is -1.29. The van der Waals surface area contributed by atoms with Crippen LogP contribution in [-0.4, -0.2) is 57.7 Å². The van der Waals surface area contributed by atoms with Gasteiger partial charge in [-0.2, -0.15) is 11.8 Å². The summed E-state index contributed by atoms with van der Waals surface area (Å²) in [7, 11) is -3.52. The molecule has 0 bridgehead atoms. The summed E-state index contributed by atoms with van der Waals surface area (Å²) in [6.45, 7) is 5.30. The van der Waals surface area contributed by atoms with E-state index in [1.165, 1.54) is 18.6 Å². The Labute approximate surface area is 178 Å². The summed E-state index contributed by atoms with van der Waals surface area (Å²) in [5.41, 5.74) is 0.968. The highest BCUT2D eigenvalue weighted by Gasteiger charge is 2.20. The third-order valence-corrected chi connectivity index (χ3v) is 7.88. The van der Waals surface area contributed by atoms with Crippen molar-refractivity contribution in [2.75, 3.05) is 32.0 Å². The van der Waals surface area contributed by atoms with Gasteiger partial charge >= 0.3 is 0 Å². The normalized spacial score (nSPS) is 22.7. The van der Waals surface area contributed by atoms with Gasteiger partial charge in [0.25, 0.3) is 0 Å². The summed E-state index contributed by atoms with van der Waals surface area (Å²) in [5, 5.41) is 7.34.